The summed E-state index contributed by atoms with van der Waals surface area (Å²) in [5.41, 5.74) is 1.32. The number of hydrogen-bond donors (Lipinski definition) is 0. The van der Waals surface area contributed by atoms with Crippen molar-refractivity contribution in [1.82, 2.24) is 0 Å². The van der Waals surface area contributed by atoms with E-state index in [2.05, 4.69) is 82.7 Å². The van der Waals surface area contributed by atoms with Gasteiger partial charge in [0.25, 0.3) is 0 Å². The van der Waals surface area contributed by atoms with Gasteiger partial charge in [0, 0.05) is 6.42 Å². The van der Waals surface area contributed by atoms with Crippen LogP contribution in [0.25, 0.3) is 0 Å². The summed E-state index contributed by atoms with van der Waals surface area (Å²) in [7, 11) is 2.34. The fourth-order valence-corrected chi connectivity index (χ4v) is 4.59. The zero-order chi connectivity index (χ0) is 20.4. The first-order valence-corrected chi connectivity index (χ1v) is 11.2. The number of benzene rings is 1. The maximum Gasteiger partial charge on any atom is 0.152 e. The van der Waals surface area contributed by atoms with Crippen molar-refractivity contribution in [3.63, 3.8) is 0 Å². The Kier molecular flexibility index (Phi) is 9.81. The van der Waals surface area contributed by atoms with Crippen LogP contribution in [0.15, 0.2) is 54.6 Å². The Morgan fingerprint density at radius 2 is 1.93 bits per heavy atom. The molecule has 0 spiro atoms. The molecular weight excluding hydrogens is 339 g/mol. The highest BCUT2D eigenvalue weighted by Crippen LogP contribution is 2.44. The van der Waals surface area contributed by atoms with Gasteiger partial charge < -0.3 is 4.79 Å². The Hall–Kier alpha value is -1.57. The van der Waals surface area contributed by atoms with Crippen molar-refractivity contribution in [2.24, 2.45) is 29.6 Å². The highest BCUT2D eigenvalue weighted by Gasteiger charge is 2.36. The van der Waals surface area contributed by atoms with Crippen molar-refractivity contribution in [2.75, 3.05) is 0 Å². The van der Waals surface area contributed by atoms with Gasteiger partial charge in [-0.15, -0.1) is 0 Å². The molecule has 2 heteroatoms. The Morgan fingerprint density at radius 1 is 1.18 bits per heavy atom. The molecule has 1 aromatic rings. The molecule has 151 valence electrons. The molecule has 0 amide bonds. The molecule has 5 atom stereocenters. The summed E-state index contributed by atoms with van der Waals surface area (Å²) in [6.07, 6.45) is 16.0. The summed E-state index contributed by atoms with van der Waals surface area (Å²) < 4.78 is 0. The predicted molar refractivity (Wildman–Crippen MR) is 123 cm³/mol. The van der Waals surface area contributed by atoms with Gasteiger partial charge in [-0.3, -0.25) is 0 Å². The number of rotatable bonds is 11. The van der Waals surface area contributed by atoms with Crippen LogP contribution >= 0.6 is 0 Å². The van der Waals surface area contributed by atoms with Crippen LogP contribution in [0.1, 0.15) is 59.8 Å². The number of Topliss-reactive ketones (excluding diaryl/α,β-unsaturated/α-hetero) is 1. The van der Waals surface area contributed by atoms with Gasteiger partial charge >= 0.3 is 0 Å². The van der Waals surface area contributed by atoms with Crippen molar-refractivity contribution in [2.45, 2.75) is 66.1 Å². The van der Waals surface area contributed by atoms with E-state index in [-0.39, 0.29) is 0 Å². The maximum atomic E-state index is 11.0. The molecule has 0 N–H and O–H groups in total. The fourth-order valence-electron chi connectivity index (χ4n) is 4.59. The molecule has 1 aliphatic rings. The normalized spacial score (nSPS) is 26.1. The van der Waals surface area contributed by atoms with Gasteiger partial charge in [-0.05, 0) is 62.2 Å². The Labute approximate surface area is 173 Å². The molecule has 0 saturated heterocycles. The largest absolute Gasteiger partial charge is 0.300 e. The molecule has 0 bridgehead atoms. The molecule has 1 saturated carbocycles. The first kappa shape index (κ1) is 22.7. The lowest BCUT2D eigenvalue weighted by Gasteiger charge is -2.21. The van der Waals surface area contributed by atoms with E-state index in [1.807, 2.05) is 0 Å². The minimum absolute atomic E-state index is 0.301. The average molecular weight is 377 g/mol. The molecule has 0 heterocycles. The third-order valence-electron chi connectivity index (χ3n) is 6.29. The molecule has 1 aliphatic carbocycles. The van der Waals surface area contributed by atoms with E-state index in [9.17, 15) is 4.79 Å². The van der Waals surface area contributed by atoms with Crippen LogP contribution in [0.5, 0.6) is 0 Å². The van der Waals surface area contributed by atoms with E-state index in [4.69, 9.17) is 0 Å². The van der Waals surface area contributed by atoms with Crippen molar-refractivity contribution in [3.05, 3.63) is 54.6 Å². The minimum atomic E-state index is 0.301. The Bertz CT molecular complexity index is 633. The highest BCUT2D eigenvalue weighted by atomic mass is 16.1. The number of allylic oxidation sites excluding steroid dienone is 4. The van der Waals surface area contributed by atoms with E-state index in [1.165, 1.54) is 18.3 Å². The van der Waals surface area contributed by atoms with E-state index >= 15 is 0 Å². The zero-order valence-corrected chi connectivity index (χ0v) is 18.3. The summed E-state index contributed by atoms with van der Waals surface area (Å²) in [5.74, 6) is 3.88. The van der Waals surface area contributed by atoms with Gasteiger partial charge in [-0.25, -0.2) is 0 Å². The van der Waals surface area contributed by atoms with Crippen LogP contribution in [-0.2, 0) is 4.79 Å². The van der Waals surface area contributed by atoms with Crippen LogP contribution in [0.4, 0.5) is 0 Å². The number of ketones is 1. The third-order valence-corrected chi connectivity index (χ3v) is 6.29. The topological polar surface area (TPSA) is 17.1 Å². The molecule has 1 nitrogen and oxygen atoms in total. The summed E-state index contributed by atoms with van der Waals surface area (Å²) in [4.78, 5) is 11.0. The lowest BCUT2D eigenvalue weighted by molar-refractivity contribution is -0.117. The minimum Gasteiger partial charge on any atom is -0.300 e. The standard InChI is InChI=1S/C26H38BO/c1-20(19-27-24-13-9-7-10-14-24)16-17-26-22(3)18-21(2)25(26)15-11-6-5-8-12-23(4)28/h6-7,9-11,13-14,16-17,20-22,25-26H,5,8,12,15,18-19H2,1-4H3/b11-6-,17-16+/t20-,21+,22-,25+,26+/m1/s1. The SMILES string of the molecule is CC(=O)CCC/C=C\C[C@@H]1[C@@H](/C=C/[C@@H](C)C[B]c2ccccc2)[C@H](C)C[C@@H]1C. The van der Waals surface area contributed by atoms with Crippen molar-refractivity contribution >= 4 is 18.5 Å². The summed E-state index contributed by atoms with van der Waals surface area (Å²) >= 11 is 0. The number of carbonyl (C=O) groups excluding carboxylic acids is 1. The Morgan fingerprint density at radius 3 is 2.64 bits per heavy atom. The van der Waals surface area contributed by atoms with Crippen LogP contribution in [0.2, 0.25) is 6.32 Å². The molecule has 2 rings (SSSR count). The number of hydrogen-bond acceptors (Lipinski definition) is 1. The second kappa shape index (κ2) is 12.1. The molecule has 0 aromatic heterocycles. The monoisotopic (exact) mass is 377 g/mol. The molecule has 0 aliphatic heterocycles. The molecular formula is C26H38BO. The Balaban J connectivity index is 1.82. The van der Waals surface area contributed by atoms with Gasteiger partial charge in [0.2, 0.25) is 0 Å². The van der Waals surface area contributed by atoms with E-state index in [1.54, 1.807) is 6.92 Å². The number of unbranched alkanes of at least 4 members (excludes halogenated alkanes) is 1. The maximum absolute atomic E-state index is 11.0. The molecule has 28 heavy (non-hydrogen) atoms. The van der Waals surface area contributed by atoms with Gasteiger partial charge in [0.15, 0.2) is 7.28 Å². The van der Waals surface area contributed by atoms with Crippen molar-refractivity contribution < 1.29 is 4.79 Å². The lowest BCUT2D eigenvalue weighted by atomic mass is 9.64. The zero-order valence-electron chi connectivity index (χ0n) is 18.3. The predicted octanol–water partition coefficient (Wildman–Crippen LogP) is 6.24. The second-order valence-corrected chi connectivity index (χ2v) is 8.95. The first-order chi connectivity index (χ1) is 13.5. The smallest absolute Gasteiger partial charge is 0.152 e. The van der Waals surface area contributed by atoms with Gasteiger partial charge in [-0.1, -0.05) is 87.2 Å². The van der Waals surface area contributed by atoms with Crippen LogP contribution in [-0.4, -0.2) is 13.1 Å². The van der Waals surface area contributed by atoms with Crippen LogP contribution in [0.3, 0.4) is 0 Å². The number of carbonyl (C=O) groups is 1. The second-order valence-electron chi connectivity index (χ2n) is 8.95. The van der Waals surface area contributed by atoms with Crippen molar-refractivity contribution in [3.8, 4) is 0 Å². The van der Waals surface area contributed by atoms with Gasteiger partial charge in [0.05, 0.1) is 0 Å². The summed E-state index contributed by atoms with van der Waals surface area (Å²) in [5, 5.41) is 0. The van der Waals surface area contributed by atoms with E-state index in [0.29, 0.717) is 24.0 Å². The fraction of sp³-hybridized carbons (Fsp3) is 0.577. The molecule has 1 fully saturated rings. The highest BCUT2D eigenvalue weighted by molar-refractivity contribution is 6.53. The van der Waals surface area contributed by atoms with Gasteiger partial charge in [-0.2, -0.15) is 0 Å². The van der Waals surface area contributed by atoms with E-state index < -0.39 is 0 Å². The summed E-state index contributed by atoms with van der Waals surface area (Å²) in [6.45, 7) is 8.85. The lowest BCUT2D eigenvalue weighted by Crippen LogP contribution is -2.16. The quantitative estimate of drug-likeness (QED) is 0.253. The average Bonchev–Trinajstić information content (AvgIpc) is 2.94. The van der Waals surface area contributed by atoms with Gasteiger partial charge in [0.1, 0.15) is 5.78 Å². The molecule has 1 aromatic carbocycles. The molecule has 0 unspecified atom stereocenters. The summed E-state index contributed by atoms with van der Waals surface area (Å²) in [6, 6.07) is 10.6. The van der Waals surface area contributed by atoms with Crippen molar-refractivity contribution in [1.29, 1.82) is 0 Å². The van der Waals surface area contributed by atoms with E-state index in [0.717, 1.165) is 36.9 Å². The van der Waals surface area contributed by atoms with Crippen LogP contribution in [0, 0.1) is 29.6 Å². The molecule has 1 radical (unpaired) electrons. The third kappa shape index (κ3) is 7.82. The first-order valence-electron chi connectivity index (χ1n) is 11.2. The van der Waals surface area contributed by atoms with Crippen LogP contribution < -0.4 is 5.46 Å².